The first kappa shape index (κ1) is 9.46. The van der Waals surface area contributed by atoms with Crippen molar-refractivity contribution in [1.29, 1.82) is 0 Å². The Morgan fingerprint density at radius 3 is 2.94 bits per heavy atom. The van der Waals surface area contributed by atoms with E-state index in [4.69, 9.17) is 0 Å². The summed E-state index contributed by atoms with van der Waals surface area (Å²) in [6.07, 6.45) is 9.86. The maximum atomic E-state index is 2.31. The predicted molar refractivity (Wildman–Crippen MR) is 69.4 cm³/mol. The van der Waals surface area contributed by atoms with E-state index in [1.54, 1.807) is 0 Å². The van der Waals surface area contributed by atoms with Gasteiger partial charge in [0.1, 0.15) is 0 Å². The van der Waals surface area contributed by atoms with E-state index in [2.05, 4.69) is 66.3 Å². The van der Waals surface area contributed by atoms with Gasteiger partial charge in [0.15, 0.2) is 0 Å². The fraction of sp³-hybridized carbons (Fsp3) is 0.200. The van der Waals surface area contributed by atoms with E-state index in [1.165, 1.54) is 16.6 Å². The van der Waals surface area contributed by atoms with Crippen LogP contribution in [0.25, 0.3) is 17.1 Å². The summed E-state index contributed by atoms with van der Waals surface area (Å²) < 4.78 is 2.31. The molecule has 0 radical (unpaired) electrons. The lowest BCUT2D eigenvalue weighted by Gasteiger charge is -2.10. The Morgan fingerprint density at radius 2 is 2.06 bits per heavy atom. The lowest BCUT2D eigenvalue weighted by atomic mass is 10.0. The van der Waals surface area contributed by atoms with Gasteiger partial charge in [0.05, 0.1) is 5.52 Å². The third kappa shape index (κ3) is 1.32. The van der Waals surface area contributed by atoms with Crippen LogP contribution in [0.1, 0.15) is 25.0 Å². The highest BCUT2D eigenvalue weighted by atomic mass is 15.0. The van der Waals surface area contributed by atoms with Gasteiger partial charge in [-0.3, -0.25) is 0 Å². The lowest BCUT2D eigenvalue weighted by Crippen LogP contribution is -1.98. The van der Waals surface area contributed by atoms with Crippen LogP contribution in [-0.2, 0) is 0 Å². The third-order valence-corrected chi connectivity index (χ3v) is 3.29. The van der Waals surface area contributed by atoms with Crippen LogP contribution < -0.4 is 0 Å². The number of aromatic nitrogens is 1. The molecule has 1 aliphatic rings. The molecule has 1 aliphatic heterocycles. The summed E-state index contributed by atoms with van der Waals surface area (Å²) in [5.74, 6) is 0.530. The van der Waals surface area contributed by atoms with Gasteiger partial charge in [-0.15, -0.1) is 0 Å². The fourth-order valence-corrected chi connectivity index (χ4v) is 2.43. The van der Waals surface area contributed by atoms with Crippen molar-refractivity contribution in [3.05, 3.63) is 54.3 Å². The van der Waals surface area contributed by atoms with Crippen LogP contribution in [0.3, 0.4) is 0 Å². The molecule has 0 fully saturated rings. The average Bonchev–Trinajstić information content (AvgIpc) is 2.56. The van der Waals surface area contributed by atoms with E-state index >= 15 is 0 Å². The minimum atomic E-state index is 0.530. The van der Waals surface area contributed by atoms with Crippen LogP contribution in [0.5, 0.6) is 0 Å². The molecule has 2 aromatic rings. The first-order valence-electron chi connectivity index (χ1n) is 5.85. The molecule has 1 unspecified atom stereocenters. The van der Waals surface area contributed by atoms with Crippen LogP contribution in [0.4, 0.5) is 0 Å². The maximum absolute atomic E-state index is 2.31. The highest BCUT2D eigenvalue weighted by Gasteiger charge is 2.14. The van der Waals surface area contributed by atoms with Crippen molar-refractivity contribution < 1.29 is 0 Å². The van der Waals surface area contributed by atoms with Crippen molar-refractivity contribution in [2.75, 3.05) is 0 Å². The molecule has 1 heteroatoms. The minimum absolute atomic E-state index is 0.530. The Bertz CT molecular complexity index is 572. The number of nitrogens with zero attached hydrogens (tertiary/aromatic N) is 1. The molecule has 0 saturated carbocycles. The maximum Gasteiger partial charge on any atom is 0.0525 e. The molecule has 1 aromatic carbocycles. The Balaban J connectivity index is 2.31. The number of hydrogen-bond donors (Lipinski definition) is 0. The molecule has 0 saturated heterocycles. The molecule has 1 nitrogen and oxygen atoms in total. The first-order valence-corrected chi connectivity index (χ1v) is 5.85. The number of allylic oxidation sites excluding steroid dienone is 3. The summed E-state index contributed by atoms with van der Waals surface area (Å²) >= 11 is 0. The van der Waals surface area contributed by atoms with Crippen molar-refractivity contribution in [2.24, 2.45) is 0 Å². The van der Waals surface area contributed by atoms with E-state index in [0.29, 0.717) is 5.92 Å². The largest absolute Gasteiger partial charge is 0.320 e. The van der Waals surface area contributed by atoms with Crippen molar-refractivity contribution in [2.45, 2.75) is 19.3 Å². The molecule has 3 rings (SSSR count). The van der Waals surface area contributed by atoms with Gasteiger partial charge < -0.3 is 4.57 Å². The van der Waals surface area contributed by atoms with Crippen molar-refractivity contribution in [1.82, 2.24) is 4.57 Å². The zero-order valence-electron chi connectivity index (χ0n) is 9.43. The molecular weight excluding hydrogens is 194 g/mol. The van der Waals surface area contributed by atoms with Crippen molar-refractivity contribution in [3.63, 3.8) is 0 Å². The first-order chi connectivity index (χ1) is 7.90. The van der Waals surface area contributed by atoms with Crippen molar-refractivity contribution >= 4 is 17.1 Å². The van der Waals surface area contributed by atoms with Crippen LogP contribution in [0.2, 0.25) is 0 Å². The van der Waals surface area contributed by atoms with Gasteiger partial charge in [-0.1, -0.05) is 37.3 Å². The van der Waals surface area contributed by atoms with E-state index in [9.17, 15) is 0 Å². The summed E-state index contributed by atoms with van der Waals surface area (Å²) in [6.45, 7) is 2.24. The highest BCUT2D eigenvalue weighted by Crippen LogP contribution is 2.30. The standard InChI is InChI=1S/C15H15N/c1-2-12-7-5-6-10-16-14-9-4-3-8-13(14)11-15(12)16/h3-12H,2H2,1H3. The van der Waals surface area contributed by atoms with E-state index in [1.807, 2.05) is 0 Å². The Kier molecular flexibility index (Phi) is 2.17. The van der Waals surface area contributed by atoms with Crippen LogP contribution >= 0.6 is 0 Å². The predicted octanol–water partition coefficient (Wildman–Crippen LogP) is 4.18. The Morgan fingerprint density at radius 1 is 1.19 bits per heavy atom. The third-order valence-electron chi connectivity index (χ3n) is 3.29. The zero-order valence-corrected chi connectivity index (χ0v) is 9.43. The van der Waals surface area contributed by atoms with Gasteiger partial charge in [-0.25, -0.2) is 0 Å². The zero-order chi connectivity index (χ0) is 11.0. The molecule has 80 valence electrons. The molecule has 1 atom stereocenters. The molecular formula is C15H15N. The number of rotatable bonds is 1. The number of hydrogen-bond acceptors (Lipinski definition) is 0. The summed E-state index contributed by atoms with van der Waals surface area (Å²) in [4.78, 5) is 0. The summed E-state index contributed by atoms with van der Waals surface area (Å²) in [5, 5.41) is 1.33. The SMILES string of the molecule is CCC1C=CC=Cn2c1cc1ccccc12. The molecule has 0 amide bonds. The number of para-hydroxylation sites is 1. The van der Waals surface area contributed by atoms with E-state index in [0.717, 1.165) is 6.42 Å². The Hall–Kier alpha value is -1.76. The van der Waals surface area contributed by atoms with E-state index < -0.39 is 0 Å². The van der Waals surface area contributed by atoms with Gasteiger partial charge in [0, 0.05) is 23.2 Å². The highest BCUT2D eigenvalue weighted by molar-refractivity contribution is 5.84. The monoisotopic (exact) mass is 209 g/mol. The smallest absolute Gasteiger partial charge is 0.0525 e. The summed E-state index contributed by atoms with van der Waals surface area (Å²) in [5.41, 5.74) is 2.70. The molecule has 1 aromatic heterocycles. The normalized spacial score (nSPS) is 18.7. The molecule has 0 N–H and O–H groups in total. The number of benzene rings is 1. The average molecular weight is 209 g/mol. The second-order valence-electron chi connectivity index (χ2n) is 4.24. The number of fused-ring (bicyclic) bond motifs is 3. The molecule has 2 heterocycles. The summed E-state index contributed by atoms with van der Waals surface area (Å²) in [7, 11) is 0. The van der Waals surface area contributed by atoms with Crippen LogP contribution in [0.15, 0.2) is 48.6 Å². The second kappa shape index (κ2) is 3.67. The fourth-order valence-electron chi connectivity index (χ4n) is 2.43. The molecule has 16 heavy (non-hydrogen) atoms. The second-order valence-corrected chi connectivity index (χ2v) is 4.24. The van der Waals surface area contributed by atoms with Crippen LogP contribution in [0, 0.1) is 0 Å². The minimum Gasteiger partial charge on any atom is -0.320 e. The van der Waals surface area contributed by atoms with Gasteiger partial charge in [0.2, 0.25) is 0 Å². The molecule has 0 spiro atoms. The van der Waals surface area contributed by atoms with Crippen LogP contribution in [-0.4, -0.2) is 4.57 Å². The van der Waals surface area contributed by atoms with Gasteiger partial charge in [-0.2, -0.15) is 0 Å². The van der Waals surface area contributed by atoms with Gasteiger partial charge in [0.25, 0.3) is 0 Å². The molecule has 0 bridgehead atoms. The van der Waals surface area contributed by atoms with Gasteiger partial charge in [-0.05, 0) is 24.6 Å². The molecule has 0 aliphatic carbocycles. The quantitative estimate of drug-likeness (QED) is 0.664. The van der Waals surface area contributed by atoms with Crippen molar-refractivity contribution in [3.8, 4) is 0 Å². The Labute approximate surface area is 95.7 Å². The summed E-state index contributed by atoms with van der Waals surface area (Å²) in [6, 6.07) is 10.9. The lowest BCUT2D eigenvalue weighted by molar-refractivity contribution is 0.768. The van der Waals surface area contributed by atoms with Gasteiger partial charge >= 0.3 is 0 Å². The topological polar surface area (TPSA) is 4.93 Å². The van der Waals surface area contributed by atoms with E-state index in [-0.39, 0.29) is 0 Å².